The van der Waals surface area contributed by atoms with E-state index in [0.717, 1.165) is 12.8 Å². The summed E-state index contributed by atoms with van der Waals surface area (Å²) in [5.41, 5.74) is 0.265. The van der Waals surface area contributed by atoms with Gasteiger partial charge < -0.3 is 5.11 Å². The summed E-state index contributed by atoms with van der Waals surface area (Å²) in [6, 6.07) is 0. The summed E-state index contributed by atoms with van der Waals surface area (Å²) in [6.07, 6.45) is 6.95. The number of nitrogens with zero attached hydrogens (tertiary/aromatic N) is 1. The molecule has 0 aromatic heterocycles. The average molecular weight is 241 g/mol. The third-order valence-electron chi connectivity index (χ3n) is 4.17. The molecule has 1 aliphatic rings. The zero-order valence-corrected chi connectivity index (χ0v) is 12.4. The van der Waals surface area contributed by atoms with Gasteiger partial charge in [0.05, 0.1) is 6.10 Å². The van der Waals surface area contributed by atoms with Gasteiger partial charge in [-0.15, -0.1) is 0 Å². The van der Waals surface area contributed by atoms with E-state index >= 15 is 0 Å². The van der Waals surface area contributed by atoms with E-state index in [1.54, 1.807) is 0 Å². The SMILES string of the molecule is CCCCCCN1C(C)(C)CC(O)CC1(C)C. The monoisotopic (exact) mass is 241 g/mol. The van der Waals surface area contributed by atoms with E-state index in [1.807, 2.05) is 0 Å². The lowest BCUT2D eigenvalue weighted by atomic mass is 9.78. The fourth-order valence-corrected chi connectivity index (χ4v) is 3.57. The highest BCUT2D eigenvalue weighted by molar-refractivity contribution is 4.99. The number of hydrogen-bond acceptors (Lipinski definition) is 2. The van der Waals surface area contributed by atoms with Crippen molar-refractivity contribution in [2.24, 2.45) is 0 Å². The molecule has 2 nitrogen and oxygen atoms in total. The van der Waals surface area contributed by atoms with Crippen LogP contribution in [-0.2, 0) is 0 Å². The van der Waals surface area contributed by atoms with Gasteiger partial charge in [0.25, 0.3) is 0 Å². The number of aliphatic hydroxyl groups is 1. The van der Waals surface area contributed by atoms with Crippen LogP contribution < -0.4 is 0 Å². The molecule has 0 aliphatic carbocycles. The molecule has 0 spiro atoms. The molecule has 17 heavy (non-hydrogen) atoms. The summed E-state index contributed by atoms with van der Waals surface area (Å²) >= 11 is 0. The van der Waals surface area contributed by atoms with Crippen molar-refractivity contribution in [1.29, 1.82) is 0 Å². The Morgan fingerprint density at radius 1 is 1.00 bits per heavy atom. The van der Waals surface area contributed by atoms with E-state index in [-0.39, 0.29) is 17.2 Å². The van der Waals surface area contributed by atoms with Crippen LogP contribution in [0.5, 0.6) is 0 Å². The first kappa shape index (κ1) is 15.0. The van der Waals surface area contributed by atoms with Crippen molar-refractivity contribution in [1.82, 2.24) is 4.90 Å². The summed E-state index contributed by atoms with van der Waals surface area (Å²) < 4.78 is 0. The van der Waals surface area contributed by atoms with Crippen LogP contribution in [0, 0.1) is 0 Å². The van der Waals surface area contributed by atoms with Crippen LogP contribution in [-0.4, -0.2) is 33.7 Å². The fraction of sp³-hybridized carbons (Fsp3) is 1.00. The molecule has 102 valence electrons. The molecule has 0 unspecified atom stereocenters. The number of aliphatic hydroxyl groups excluding tert-OH is 1. The van der Waals surface area contributed by atoms with E-state index in [0.29, 0.717) is 0 Å². The van der Waals surface area contributed by atoms with Crippen molar-refractivity contribution in [3.8, 4) is 0 Å². The Kier molecular flexibility index (Phi) is 5.03. The molecule has 1 rings (SSSR count). The molecule has 1 heterocycles. The first-order valence-electron chi connectivity index (χ1n) is 7.25. The predicted octanol–water partition coefficient (Wildman–Crippen LogP) is 3.58. The molecule has 0 bridgehead atoms. The minimum absolute atomic E-state index is 0.132. The third-order valence-corrected chi connectivity index (χ3v) is 4.17. The minimum Gasteiger partial charge on any atom is -0.393 e. The molecule has 0 atom stereocenters. The van der Waals surface area contributed by atoms with Gasteiger partial charge in [-0.25, -0.2) is 0 Å². The van der Waals surface area contributed by atoms with Crippen LogP contribution in [0.25, 0.3) is 0 Å². The van der Waals surface area contributed by atoms with Gasteiger partial charge in [0.1, 0.15) is 0 Å². The number of piperidine rings is 1. The second-order valence-electron chi connectivity index (χ2n) is 6.90. The van der Waals surface area contributed by atoms with Crippen molar-refractivity contribution in [2.45, 2.75) is 90.3 Å². The largest absolute Gasteiger partial charge is 0.393 e. The summed E-state index contributed by atoms with van der Waals surface area (Å²) in [6.45, 7) is 12.5. The van der Waals surface area contributed by atoms with E-state index in [1.165, 1.54) is 32.2 Å². The number of rotatable bonds is 5. The molecule has 0 amide bonds. The molecule has 0 radical (unpaired) electrons. The van der Waals surface area contributed by atoms with Gasteiger partial charge in [-0.05, 0) is 53.5 Å². The van der Waals surface area contributed by atoms with Gasteiger partial charge in [0.15, 0.2) is 0 Å². The Morgan fingerprint density at radius 3 is 2.00 bits per heavy atom. The molecule has 0 saturated carbocycles. The highest BCUT2D eigenvalue weighted by Gasteiger charge is 2.44. The first-order valence-corrected chi connectivity index (χ1v) is 7.25. The molecule has 2 heteroatoms. The van der Waals surface area contributed by atoms with Crippen LogP contribution in [0.3, 0.4) is 0 Å². The summed E-state index contributed by atoms with van der Waals surface area (Å²) in [5, 5.41) is 9.98. The van der Waals surface area contributed by atoms with Crippen LogP contribution in [0.15, 0.2) is 0 Å². The summed E-state index contributed by atoms with van der Waals surface area (Å²) in [4.78, 5) is 2.61. The van der Waals surface area contributed by atoms with Crippen LogP contribution in [0.1, 0.15) is 73.1 Å². The lowest BCUT2D eigenvalue weighted by Gasteiger charge is -2.54. The van der Waals surface area contributed by atoms with Gasteiger partial charge >= 0.3 is 0 Å². The van der Waals surface area contributed by atoms with Gasteiger partial charge in [-0.2, -0.15) is 0 Å². The maximum absolute atomic E-state index is 9.98. The van der Waals surface area contributed by atoms with Crippen molar-refractivity contribution >= 4 is 0 Å². The molecular formula is C15H31NO. The summed E-state index contributed by atoms with van der Waals surface area (Å²) in [7, 11) is 0. The van der Waals surface area contributed by atoms with E-state index in [4.69, 9.17) is 0 Å². The smallest absolute Gasteiger partial charge is 0.0575 e. The second kappa shape index (κ2) is 5.71. The van der Waals surface area contributed by atoms with Gasteiger partial charge in [-0.1, -0.05) is 26.2 Å². The molecule has 1 N–H and O–H groups in total. The second-order valence-corrected chi connectivity index (χ2v) is 6.90. The molecule has 1 aliphatic heterocycles. The Bertz CT molecular complexity index is 217. The van der Waals surface area contributed by atoms with Crippen LogP contribution >= 0.6 is 0 Å². The van der Waals surface area contributed by atoms with Crippen LogP contribution in [0.2, 0.25) is 0 Å². The maximum atomic E-state index is 9.98. The van der Waals surface area contributed by atoms with Crippen LogP contribution in [0.4, 0.5) is 0 Å². The Morgan fingerprint density at radius 2 is 1.53 bits per heavy atom. The molecule has 1 saturated heterocycles. The van der Waals surface area contributed by atoms with E-state index in [2.05, 4.69) is 39.5 Å². The van der Waals surface area contributed by atoms with Crippen molar-refractivity contribution in [2.75, 3.05) is 6.54 Å². The lowest BCUT2D eigenvalue weighted by Crippen LogP contribution is -2.61. The predicted molar refractivity (Wildman–Crippen MR) is 74.2 cm³/mol. The van der Waals surface area contributed by atoms with E-state index in [9.17, 15) is 5.11 Å². The Hall–Kier alpha value is -0.0800. The molecule has 0 aromatic rings. The van der Waals surface area contributed by atoms with Gasteiger partial charge in [0, 0.05) is 11.1 Å². The normalized spacial score (nSPS) is 25.1. The third kappa shape index (κ3) is 3.96. The Balaban J connectivity index is 2.59. The quantitative estimate of drug-likeness (QED) is 0.744. The summed E-state index contributed by atoms with van der Waals surface area (Å²) in [5.74, 6) is 0. The number of hydrogen-bond donors (Lipinski definition) is 1. The Labute approximate surface area is 107 Å². The lowest BCUT2D eigenvalue weighted by molar-refractivity contribution is -0.0810. The highest BCUT2D eigenvalue weighted by atomic mass is 16.3. The van der Waals surface area contributed by atoms with Gasteiger partial charge in [0.2, 0.25) is 0 Å². The topological polar surface area (TPSA) is 23.5 Å². The standard InChI is InChI=1S/C15H31NO/c1-6-7-8-9-10-16-14(2,3)11-13(17)12-15(16,4)5/h13,17H,6-12H2,1-5H3. The number of unbranched alkanes of at least 4 members (excludes halogenated alkanes) is 3. The highest BCUT2D eigenvalue weighted by Crippen LogP contribution is 2.38. The van der Waals surface area contributed by atoms with E-state index < -0.39 is 0 Å². The van der Waals surface area contributed by atoms with Crippen molar-refractivity contribution in [3.63, 3.8) is 0 Å². The fourth-order valence-electron chi connectivity index (χ4n) is 3.57. The van der Waals surface area contributed by atoms with Crippen molar-refractivity contribution in [3.05, 3.63) is 0 Å². The molecule has 0 aromatic carbocycles. The zero-order chi connectivity index (χ0) is 13.1. The average Bonchev–Trinajstić information content (AvgIpc) is 2.12. The number of likely N-dealkylation sites (tertiary alicyclic amines) is 1. The maximum Gasteiger partial charge on any atom is 0.0575 e. The molecule has 1 fully saturated rings. The molecular weight excluding hydrogens is 210 g/mol. The zero-order valence-electron chi connectivity index (χ0n) is 12.4. The minimum atomic E-state index is -0.133. The first-order chi connectivity index (χ1) is 7.79. The van der Waals surface area contributed by atoms with Crippen molar-refractivity contribution < 1.29 is 5.11 Å². The van der Waals surface area contributed by atoms with Gasteiger partial charge in [-0.3, -0.25) is 4.90 Å².